The molecule has 0 radical (unpaired) electrons. The van der Waals surface area contributed by atoms with Crippen LogP contribution in [0.3, 0.4) is 0 Å². The highest BCUT2D eigenvalue weighted by Gasteiger charge is 2.40. The molecule has 0 heterocycles. The molecule has 1 aromatic rings. The van der Waals surface area contributed by atoms with E-state index in [0.717, 1.165) is 11.5 Å². The molecular weight excluding hydrogens is 296 g/mol. The molecule has 22 heavy (non-hydrogen) atoms. The predicted molar refractivity (Wildman–Crippen MR) is 92.2 cm³/mol. The Balaban J connectivity index is 2.73. The average Bonchev–Trinajstić information content (AvgIpc) is 2.44. The molecule has 0 amide bonds. The third kappa shape index (κ3) is 5.00. The molecule has 5 heteroatoms. The average molecular weight is 327 g/mol. The van der Waals surface area contributed by atoms with Crippen LogP contribution in [0.2, 0.25) is 18.1 Å². The van der Waals surface area contributed by atoms with E-state index in [1.807, 2.05) is 31.2 Å². The van der Waals surface area contributed by atoms with Crippen molar-refractivity contribution in [3.8, 4) is 11.5 Å². The molecule has 1 aromatic carbocycles. The number of hydrogen-bond donors (Lipinski definition) is 1. The first-order chi connectivity index (χ1) is 10.1. The largest absolute Gasteiger partial charge is 0.497 e. The van der Waals surface area contributed by atoms with Crippen molar-refractivity contribution in [3.63, 3.8) is 0 Å². The zero-order chi connectivity index (χ0) is 17.0. The maximum atomic E-state index is 9.68. The van der Waals surface area contributed by atoms with Gasteiger partial charge in [0.25, 0.3) is 0 Å². The number of aliphatic hydroxyl groups excluding tert-OH is 1. The Kier molecular flexibility index (Phi) is 6.46. The van der Waals surface area contributed by atoms with Crippen LogP contribution in [0, 0.1) is 0 Å². The minimum Gasteiger partial charge on any atom is -0.497 e. The lowest BCUT2D eigenvalue weighted by Gasteiger charge is -2.40. The summed E-state index contributed by atoms with van der Waals surface area (Å²) in [5.74, 6) is 1.53. The Morgan fingerprint density at radius 3 is 2.00 bits per heavy atom. The fraction of sp³-hybridized carbons (Fsp3) is 0.647. The van der Waals surface area contributed by atoms with Crippen LogP contribution in [-0.4, -0.2) is 39.3 Å². The van der Waals surface area contributed by atoms with E-state index >= 15 is 0 Å². The summed E-state index contributed by atoms with van der Waals surface area (Å²) in [6.45, 7) is 12.8. The monoisotopic (exact) mass is 326 g/mol. The van der Waals surface area contributed by atoms with Gasteiger partial charge in [-0.25, -0.2) is 0 Å². The van der Waals surface area contributed by atoms with Crippen LogP contribution in [0.25, 0.3) is 0 Å². The molecule has 0 spiro atoms. The first kappa shape index (κ1) is 19.0. The van der Waals surface area contributed by atoms with Gasteiger partial charge in [-0.15, -0.1) is 0 Å². The van der Waals surface area contributed by atoms with E-state index in [1.165, 1.54) is 0 Å². The van der Waals surface area contributed by atoms with Gasteiger partial charge in [-0.3, -0.25) is 0 Å². The molecule has 0 aliphatic heterocycles. The van der Waals surface area contributed by atoms with E-state index in [-0.39, 0.29) is 23.9 Å². The van der Waals surface area contributed by atoms with Crippen molar-refractivity contribution in [2.75, 3.05) is 13.7 Å². The Morgan fingerprint density at radius 2 is 1.59 bits per heavy atom. The van der Waals surface area contributed by atoms with Crippen LogP contribution < -0.4 is 9.47 Å². The van der Waals surface area contributed by atoms with Crippen molar-refractivity contribution in [2.45, 2.75) is 58.0 Å². The summed E-state index contributed by atoms with van der Waals surface area (Å²) < 4.78 is 17.3. The van der Waals surface area contributed by atoms with E-state index in [9.17, 15) is 5.11 Å². The molecule has 0 aliphatic rings. The lowest BCUT2D eigenvalue weighted by molar-refractivity contribution is 0.0162. The third-order valence-corrected chi connectivity index (χ3v) is 8.84. The highest BCUT2D eigenvalue weighted by molar-refractivity contribution is 6.74. The maximum absolute atomic E-state index is 9.68. The Hall–Kier alpha value is -1.04. The first-order valence-corrected chi connectivity index (χ1v) is 10.6. The molecule has 126 valence electrons. The summed E-state index contributed by atoms with van der Waals surface area (Å²) in [6.07, 6.45) is -0.560. The zero-order valence-electron chi connectivity index (χ0n) is 14.8. The van der Waals surface area contributed by atoms with Crippen molar-refractivity contribution in [3.05, 3.63) is 24.3 Å². The van der Waals surface area contributed by atoms with Crippen LogP contribution in [0.4, 0.5) is 0 Å². The van der Waals surface area contributed by atoms with Crippen molar-refractivity contribution in [1.29, 1.82) is 0 Å². The second-order valence-electron chi connectivity index (χ2n) is 7.10. The summed E-state index contributed by atoms with van der Waals surface area (Å²) in [4.78, 5) is 0. The minimum atomic E-state index is -1.94. The highest BCUT2D eigenvalue weighted by atomic mass is 28.4. The predicted octanol–water partition coefficient (Wildman–Crippen LogP) is 3.85. The number of methoxy groups -OCH3 is 1. The number of hydrogen-bond acceptors (Lipinski definition) is 4. The van der Waals surface area contributed by atoms with Gasteiger partial charge in [-0.1, -0.05) is 20.8 Å². The second-order valence-corrected chi connectivity index (χ2v) is 11.9. The number of benzene rings is 1. The topological polar surface area (TPSA) is 47.9 Å². The summed E-state index contributed by atoms with van der Waals surface area (Å²) in [5.41, 5.74) is 0. The van der Waals surface area contributed by atoms with E-state index in [4.69, 9.17) is 13.9 Å². The smallest absolute Gasteiger partial charge is 0.192 e. The molecule has 0 aliphatic carbocycles. The summed E-state index contributed by atoms with van der Waals surface area (Å²) in [7, 11) is -0.311. The Bertz CT molecular complexity index is 451. The van der Waals surface area contributed by atoms with Crippen molar-refractivity contribution in [1.82, 2.24) is 0 Å². The van der Waals surface area contributed by atoms with Gasteiger partial charge in [-0.2, -0.15) is 0 Å². The van der Waals surface area contributed by atoms with Crippen LogP contribution in [0.1, 0.15) is 27.7 Å². The van der Waals surface area contributed by atoms with Crippen molar-refractivity contribution < 1.29 is 19.0 Å². The van der Waals surface area contributed by atoms with E-state index in [1.54, 1.807) is 7.11 Å². The Morgan fingerprint density at radius 1 is 1.09 bits per heavy atom. The normalized spacial score (nSPS) is 15.3. The van der Waals surface area contributed by atoms with E-state index in [0.29, 0.717) is 0 Å². The van der Waals surface area contributed by atoms with Gasteiger partial charge in [0.05, 0.1) is 13.7 Å². The lowest BCUT2D eigenvalue weighted by atomic mass is 10.2. The molecule has 0 aromatic heterocycles. The summed E-state index contributed by atoms with van der Waals surface area (Å²) >= 11 is 0. The summed E-state index contributed by atoms with van der Waals surface area (Å²) in [6, 6.07) is 7.42. The fourth-order valence-corrected chi connectivity index (χ4v) is 3.16. The first-order valence-electron chi connectivity index (χ1n) is 7.70. The van der Waals surface area contributed by atoms with Crippen LogP contribution >= 0.6 is 0 Å². The maximum Gasteiger partial charge on any atom is 0.192 e. The lowest BCUT2D eigenvalue weighted by Crippen LogP contribution is -2.48. The second kappa shape index (κ2) is 7.48. The molecule has 2 atom stereocenters. The standard InChI is InChI=1S/C17H30O4Si/c1-13(20-15-10-8-14(19-5)9-11-15)16(12-18)21-22(6,7)17(2,3)4/h8-11,13,16,18H,12H2,1-7H3/t13-,16+/m1/s1. The molecule has 1 N–H and O–H groups in total. The number of ether oxygens (including phenoxy) is 2. The van der Waals surface area contributed by atoms with Gasteiger partial charge in [0.2, 0.25) is 0 Å². The minimum absolute atomic E-state index is 0.0518. The van der Waals surface area contributed by atoms with Gasteiger partial charge in [0, 0.05) is 0 Å². The molecule has 1 rings (SSSR count). The molecule has 0 bridgehead atoms. The summed E-state index contributed by atoms with van der Waals surface area (Å²) in [5, 5.41) is 9.78. The molecule has 0 unspecified atom stereocenters. The zero-order valence-corrected chi connectivity index (χ0v) is 15.8. The van der Waals surface area contributed by atoms with E-state index in [2.05, 4.69) is 33.9 Å². The van der Waals surface area contributed by atoms with Crippen LogP contribution in [0.15, 0.2) is 24.3 Å². The quantitative estimate of drug-likeness (QED) is 0.773. The van der Waals surface area contributed by atoms with Gasteiger partial charge < -0.3 is 19.0 Å². The van der Waals surface area contributed by atoms with Gasteiger partial charge >= 0.3 is 0 Å². The highest BCUT2D eigenvalue weighted by Crippen LogP contribution is 2.37. The Labute approximate surface area is 135 Å². The number of rotatable bonds is 7. The molecular formula is C17H30O4Si. The molecule has 0 saturated heterocycles. The van der Waals surface area contributed by atoms with Crippen LogP contribution in [0.5, 0.6) is 11.5 Å². The third-order valence-electron chi connectivity index (χ3n) is 4.34. The van der Waals surface area contributed by atoms with Crippen molar-refractivity contribution in [2.24, 2.45) is 0 Å². The SMILES string of the molecule is COc1ccc(O[C@H](C)[C@H](CO)O[Si](C)(C)C(C)(C)C)cc1. The number of aliphatic hydroxyl groups is 1. The van der Waals surface area contributed by atoms with Gasteiger partial charge in [0.1, 0.15) is 23.7 Å². The fourth-order valence-electron chi connectivity index (χ4n) is 1.78. The molecule has 0 saturated carbocycles. The van der Waals surface area contributed by atoms with Gasteiger partial charge in [-0.05, 0) is 49.3 Å². The van der Waals surface area contributed by atoms with E-state index < -0.39 is 8.32 Å². The van der Waals surface area contributed by atoms with Crippen molar-refractivity contribution >= 4 is 8.32 Å². The van der Waals surface area contributed by atoms with Crippen LogP contribution in [-0.2, 0) is 4.43 Å². The molecule has 4 nitrogen and oxygen atoms in total. The molecule has 0 fully saturated rings. The van der Waals surface area contributed by atoms with Gasteiger partial charge in [0.15, 0.2) is 8.32 Å².